The molecule has 0 N–H and O–H groups in total. The van der Waals surface area contributed by atoms with Crippen molar-refractivity contribution in [3.05, 3.63) is 493 Å². The van der Waals surface area contributed by atoms with Crippen LogP contribution in [-0.2, 0) is 5.41 Å². The Labute approximate surface area is 787 Å². The van der Waals surface area contributed by atoms with Crippen molar-refractivity contribution in [1.82, 2.24) is 4.57 Å². The summed E-state index contributed by atoms with van der Waals surface area (Å²) in [6.45, 7) is 4.76. The SMILES string of the molecule is CC1(C)c2ccccc2-c2ccc3cc4ccc(-n5c6ccccc6c6cc(-c7ccc8c(c7)Oc7ccccc7N8c7c8ccccc8c(-c8ccccc8)c8ccccc78)ccc65)cc4cc3c21.CN1c2ccc(-c3ccc4c(c3)-c3ccccc3C4c3ccc4cc5c6c(ccc5cc4c3)C(c3ccccc3)c3ccccc3-6)cc2Sc2cc(-c3cccc4ccccc34)ccc21. The lowest BCUT2D eigenvalue weighted by molar-refractivity contribution is 0.477. The first-order valence-corrected chi connectivity index (χ1v) is 47.8. The van der Waals surface area contributed by atoms with E-state index < -0.39 is 0 Å². The molecule has 1 aromatic heterocycles. The number of ether oxygens (including phenoxy) is 1. The van der Waals surface area contributed by atoms with E-state index in [0.29, 0.717) is 0 Å². The minimum atomic E-state index is -0.0891. The standard InChI is InChI=1S/C67H44N2O.C63H41NS/c1-67(2)57-24-12-10-18-48(57)52-33-29-45-36-42-28-32-47(37-46(42)39-55(45)65(52)67)68-58-25-13-11-19-49(58)56-38-43(30-34-59(56)68)44-31-35-61-63(40-44)70-62-27-15-14-26-60(62)69(61)66-53-22-8-6-20-50(53)64(41-16-4-3-5-17-41)51-21-7-9-23-54(51)66;1-64-57-30-26-42(36-59(57)65-60-37-44(27-31-58(60)64)48-21-11-15-38-12-5-6-16-47(38)48)40-24-28-53-56(35-40)49-17-7-8-18-50(49)62(53)45-23-22-41-34-55-43(32-46(41)33-45)25-29-54-61(39-13-3-2-4-14-39)51-19-9-10-20-52(51)63(54)55/h3-40H,1-2H3;2-37,61-62H,1H3. The van der Waals surface area contributed by atoms with Gasteiger partial charge in [-0.3, -0.25) is 0 Å². The molecule has 0 saturated carbocycles. The van der Waals surface area contributed by atoms with Crippen molar-refractivity contribution in [1.29, 1.82) is 0 Å². The minimum absolute atomic E-state index is 0.0891. The number of aromatic nitrogens is 1. The molecule has 0 fully saturated rings. The molecule has 2 unspecified atom stereocenters. The number of fused-ring (bicyclic) bond motifs is 25. The zero-order valence-corrected chi connectivity index (χ0v) is 75.4. The van der Waals surface area contributed by atoms with E-state index in [2.05, 4.69) is 484 Å². The number of nitrogens with zero attached hydrogens (tertiary/aromatic N) is 3. The van der Waals surface area contributed by atoms with Crippen LogP contribution in [0.2, 0.25) is 0 Å². The first kappa shape index (κ1) is 77.2. The van der Waals surface area contributed by atoms with E-state index in [4.69, 9.17) is 4.74 Å². The quantitative estimate of drug-likeness (QED) is 0.141. The number of hydrogen-bond acceptors (Lipinski definition) is 4. The normalized spacial score (nSPS) is 14.4. The topological polar surface area (TPSA) is 20.6 Å². The molecule has 0 radical (unpaired) electrons. The van der Waals surface area contributed by atoms with Crippen LogP contribution in [-0.4, -0.2) is 11.6 Å². The van der Waals surface area contributed by atoms with E-state index in [1.54, 1.807) is 0 Å². The maximum atomic E-state index is 6.90. The Morgan fingerprint density at radius 1 is 0.259 bits per heavy atom. The molecular weight excluding hydrogens is 1650 g/mol. The third kappa shape index (κ3) is 11.9. The summed E-state index contributed by atoms with van der Waals surface area (Å²) in [4.78, 5) is 7.33. The van der Waals surface area contributed by atoms with Gasteiger partial charge in [0.25, 0.3) is 0 Å². The van der Waals surface area contributed by atoms with Crippen molar-refractivity contribution in [2.24, 2.45) is 0 Å². The third-order valence-electron chi connectivity index (χ3n) is 30.0. The number of benzene rings is 23. The highest BCUT2D eigenvalue weighted by Crippen LogP contribution is 2.60. The first-order chi connectivity index (χ1) is 66.6. The molecule has 0 amide bonds. The first-order valence-electron chi connectivity index (χ1n) is 47.0. The second-order valence-corrected chi connectivity index (χ2v) is 38.7. The van der Waals surface area contributed by atoms with Crippen LogP contribution in [0.3, 0.4) is 0 Å². The molecule has 0 spiro atoms. The lowest BCUT2D eigenvalue weighted by Gasteiger charge is -2.35. The molecule has 5 heteroatoms. The van der Waals surface area contributed by atoms with Crippen molar-refractivity contribution in [2.75, 3.05) is 16.8 Å². The number of hydrogen-bond donors (Lipinski definition) is 0. The van der Waals surface area contributed by atoms with Crippen molar-refractivity contribution in [3.8, 4) is 95.1 Å². The summed E-state index contributed by atoms with van der Waals surface area (Å²) < 4.78 is 9.34. The highest BCUT2D eigenvalue weighted by atomic mass is 32.2. The van der Waals surface area contributed by atoms with Crippen LogP contribution in [0, 0.1) is 0 Å². The second kappa shape index (κ2) is 30.0. The fourth-order valence-corrected chi connectivity index (χ4v) is 25.1. The third-order valence-corrected chi connectivity index (χ3v) is 31.1. The molecule has 2 atom stereocenters. The average molecular weight is 1740 g/mol. The van der Waals surface area contributed by atoms with Gasteiger partial charge in [-0.2, -0.15) is 0 Å². The minimum Gasteiger partial charge on any atom is -0.453 e. The van der Waals surface area contributed by atoms with Crippen molar-refractivity contribution in [3.63, 3.8) is 0 Å². The van der Waals surface area contributed by atoms with E-state index in [1.807, 2.05) is 11.8 Å². The molecule has 24 aromatic rings. The second-order valence-electron chi connectivity index (χ2n) is 37.6. The molecule has 4 nitrogen and oxygen atoms in total. The molecule has 2 aliphatic heterocycles. The van der Waals surface area contributed by atoms with Gasteiger partial charge in [0.1, 0.15) is 0 Å². The lowest BCUT2D eigenvalue weighted by atomic mass is 9.80. The highest BCUT2D eigenvalue weighted by Gasteiger charge is 2.39. The lowest BCUT2D eigenvalue weighted by Crippen LogP contribution is -2.16. The smallest absolute Gasteiger partial charge is 0.152 e. The van der Waals surface area contributed by atoms with Gasteiger partial charge in [0.2, 0.25) is 0 Å². The zero-order chi connectivity index (χ0) is 89.0. The monoisotopic (exact) mass is 1740 g/mol. The van der Waals surface area contributed by atoms with Crippen molar-refractivity contribution < 1.29 is 4.74 Å². The molecule has 632 valence electrons. The fraction of sp³-hybridized carbons (Fsp3) is 0.0462. The van der Waals surface area contributed by atoms with E-state index in [1.165, 1.54) is 230 Å². The molecular formula is C130H85N3OS. The van der Waals surface area contributed by atoms with Crippen molar-refractivity contribution in [2.45, 2.75) is 40.9 Å². The molecule has 0 saturated heterocycles. The molecule has 3 aliphatic carbocycles. The Kier molecular flexibility index (Phi) is 17.1. The molecule has 135 heavy (non-hydrogen) atoms. The van der Waals surface area contributed by atoms with E-state index in [9.17, 15) is 0 Å². The average Bonchev–Trinajstić information content (AvgIpc) is 1.17. The Hall–Kier alpha value is -16.6. The highest BCUT2D eigenvalue weighted by molar-refractivity contribution is 7.99. The van der Waals surface area contributed by atoms with Crippen LogP contribution in [0.4, 0.5) is 28.4 Å². The fourth-order valence-electron chi connectivity index (χ4n) is 23.9. The van der Waals surface area contributed by atoms with Gasteiger partial charge in [-0.25, -0.2) is 0 Å². The van der Waals surface area contributed by atoms with Crippen molar-refractivity contribution >= 4 is 137 Å². The van der Waals surface area contributed by atoms with Gasteiger partial charge in [-0.05, 0) is 296 Å². The van der Waals surface area contributed by atoms with Crippen LogP contribution in [0.25, 0.3) is 181 Å². The summed E-state index contributed by atoms with van der Waals surface area (Å²) in [7, 11) is 2.20. The number of para-hydroxylation sites is 3. The number of anilines is 5. The van der Waals surface area contributed by atoms with Gasteiger partial charge in [-0.15, -0.1) is 0 Å². The predicted molar refractivity (Wildman–Crippen MR) is 568 cm³/mol. The summed E-state index contributed by atoms with van der Waals surface area (Å²) in [6, 6.07) is 167. The summed E-state index contributed by atoms with van der Waals surface area (Å²) in [6.07, 6.45) is 0. The maximum Gasteiger partial charge on any atom is 0.152 e. The van der Waals surface area contributed by atoms with E-state index in [-0.39, 0.29) is 17.3 Å². The van der Waals surface area contributed by atoms with Crippen LogP contribution in [0.1, 0.15) is 70.2 Å². The predicted octanol–water partition coefficient (Wildman–Crippen LogP) is 35.6. The van der Waals surface area contributed by atoms with Crippen LogP contribution in [0.15, 0.2) is 459 Å². The van der Waals surface area contributed by atoms with Gasteiger partial charge in [0.05, 0.1) is 39.5 Å². The summed E-state index contributed by atoms with van der Waals surface area (Å²) >= 11 is 1.88. The van der Waals surface area contributed by atoms with Gasteiger partial charge in [0.15, 0.2) is 11.5 Å². The van der Waals surface area contributed by atoms with Gasteiger partial charge in [0, 0.05) is 61.3 Å². The molecule has 29 rings (SSSR count). The largest absolute Gasteiger partial charge is 0.453 e. The van der Waals surface area contributed by atoms with E-state index in [0.717, 1.165) is 45.4 Å². The molecule has 0 bridgehead atoms. The Morgan fingerprint density at radius 3 is 1.61 bits per heavy atom. The summed E-state index contributed by atoms with van der Waals surface area (Å²) in [5, 5.41) is 20.1. The van der Waals surface area contributed by atoms with Gasteiger partial charge >= 0.3 is 0 Å². The maximum absolute atomic E-state index is 6.90. The summed E-state index contributed by atoms with van der Waals surface area (Å²) in [5.74, 6) is 2.05. The van der Waals surface area contributed by atoms with Gasteiger partial charge < -0.3 is 19.1 Å². The molecule has 3 heterocycles. The number of rotatable bonds is 8. The Morgan fingerprint density at radius 2 is 0.793 bits per heavy atom. The Balaban J connectivity index is 0.000000134. The van der Waals surface area contributed by atoms with Crippen LogP contribution >= 0.6 is 11.8 Å². The van der Waals surface area contributed by atoms with Crippen LogP contribution in [0.5, 0.6) is 11.5 Å². The molecule has 23 aromatic carbocycles. The van der Waals surface area contributed by atoms with Gasteiger partial charge in [-0.1, -0.05) is 365 Å². The van der Waals surface area contributed by atoms with Crippen LogP contribution < -0.4 is 14.5 Å². The zero-order valence-electron chi connectivity index (χ0n) is 74.5. The Bertz CT molecular complexity index is 9160. The molecule has 5 aliphatic rings. The van der Waals surface area contributed by atoms with E-state index >= 15 is 0 Å². The summed E-state index contributed by atoms with van der Waals surface area (Å²) in [5.41, 5.74) is 37.9.